The van der Waals surface area contributed by atoms with Gasteiger partial charge in [0.05, 0.1) is 5.02 Å². The molecule has 0 saturated heterocycles. The monoisotopic (exact) mass is 269 g/mol. The number of benzene rings is 1. The quantitative estimate of drug-likeness (QED) is 0.819. The van der Waals surface area contributed by atoms with Crippen LogP contribution in [0.3, 0.4) is 0 Å². The van der Waals surface area contributed by atoms with Gasteiger partial charge in [-0.3, -0.25) is 0 Å². The van der Waals surface area contributed by atoms with Crippen LogP contribution in [-0.4, -0.2) is 6.54 Å². The topological polar surface area (TPSA) is 26.0 Å². The molecule has 2 unspecified atom stereocenters. The molecule has 0 radical (unpaired) electrons. The van der Waals surface area contributed by atoms with Crippen LogP contribution in [0.4, 0.5) is 4.39 Å². The third-order valence-electron chi connectivity index (χ3n) is 4.10. The summed E-state index contributed by atoms with van der Waals surface area (Å²) >= 11 is 5.71. The average molecular weight is 270 g/mol. The van der Waals surface area contributed by atoms with Crippen LogP contribution in [0.1, 0.15) is 37.7 Å². The number of rotatable bonds is 3. The zero-order valence-electron chi connectivity index (χ0n) is 10.7. The fourth-order valence-corrected chi connectivity index (χ4v) is 3.13. The van der Waals surface area contributed by atoms with Gasteiger partial charge >= 0.3 is 0 Å². The van der Waals surface area contributed by atoms with Gasteiger partial charge in [0.25, 0.3) is 0 Å². The Bertz CT molecular complexity index is 394. The van der Waals surface area contributed by atoms with Crippen LogP contribution in [0.15, 0.2) is 18.2 Å². The van der Waals surface area contributed by atoms with E-state index in [1.807, 2.05) is 6.07 Å². The average Bonchev–Trinajstić information content (AvgIpc) is 2.59. The van der Waals surface area contributed by atoms with Gasteiger partial charge in [-0.2, -0.15) is 0 Å². The summed E-state index contributed by atoms with van der Waals surface area (Å²) in [7, 11) is 0. The van der Waals surface area contributed by atoms with E-state index >= 15 is 0 Å². The van der Waals surface area contributed by atoms with Crippen molar-refractivity contribution in [3.8, 4) is 0 Å². The Labute approximate surface area is 114 Å². The minimum Gasteiger partial charge on any atom is -0.330 e. The largest absolute Gasteiger partial charge is 0.330 e. The maximum absolute atomic E-state index is 13.4. The molecule has 1 aromatic rings. The minimum atomic E-state index is -0.313. The molecule has 1 nitrogen and oxygen atoms in total. The van der Waals surface area contributed by atoms with Crippen molar-refractivity contribution in [2.75, 3.05) is 6.54 Å². The Morgan fingerprint density at radius 2 is 1.89 bits per heavy atom. The normalized spacial score (nSPS) is 24.8. The summed E-state index contributed by atoms with van der Waals surface area (Å²) < 4.78 is 13.4. The van der Waals surface area contributed by atoms with E-state index in [1.165, 1.54) is 32.1 Å². The zero-order chi connectivity index (χ0) is 13.0. The van der Waals surface area contributed by atoms with Crippen molar-refractivity contribution in [1.29, 1.82) is 0 Å². The second-order valence-corrected chi connectivity index (χ2v) is 5.75. The molecule has 1 aliphatic carbocycles. The van der Waals surface area contributed by atoms with Gasteiger partial charge in [-0.15, -0.1) is 0 Å². The second-order valence-electron chi connectivity index (χ2n) is 5.35. The summed E-state index contributed by atoms with van der Waals surface area (Å²) in [5.41, 5.74) is 6.92. The lowest BCUT2D eigenvalue weighted by Gasteiger charge is -2.23. The fourth-order valence-electron chi connectivity index (χ4n) is 3.01. The van der Waals surface area contributed by atoms with Crippen molar-refractivity contribution in [2.24, 2.45) is 17.6 Å². The van der Waals surface area contributed by atoms with E-state index in [2.05, 4.69) is 0 Å². The molecular formula is C15H21ClFN. The maximum atomic E-state index is 13.4. The lowest BCUT2D eigenvalue weighted by molar-refractivity contribution is 0.318. The molecule has 2 atom stereocenters. The SMILES string of the molecule is NCC1CCCCCC1Cc1ccc(Cl)c(F)c1. The predicted octanol–water partition coefficient (Wildman–Crippen LogP) is 4.18. The lowest BCUT2D eigenvalue weighted by atomic mass is 9.83. The Morgan fingerprint density at radius 1 is 1.17 bits per heavy atom. The van der Waals surface area contributed by atoms with E-state index in [1.54, 1.807) is 12.1 Å². The first-order valence-corrected chi connectivity index (χ1v) is 7.22. The first-order valence-electron chi connectivity index (χ1n) is 6.84. The summed E-state index contributed by atoms with van der Waals surface area (Å²) in [4.78, 5) is 0. The summed E-state index contributed by atoms with van der Waals surface area (Å²) in [6.07, 6.45) is 7.23. The van der Waals surface area contributed by atoms with Crippen LogP contribution >= 0.6 is 11.6 Å². The van der Waals surface area contributed by atoms with Gasteiger partial charge < -0.3 is 5.73 Å². The molecule has 2 N–H and O–H groups in total. The first-order chi connectivity index (χ1) is 8.70. The third-order valence-corrected chi connectivity index (χ3v) is 4.41. The Morgan fingerprint density at radius 3 is 2.56 bits per heavy atom. The van der Waals surface area contributed by atoms with Crippen LogP contribution in [0.5, 0.6) is 0 Å². The Balaban J connectivity index is 2.07. The summed E-state index contributed by atoms with van der Waals surface area (Å²) in [6, 6.07) is 5.16. The first kappa shape index (κ1) is 13.8. The van der Waals surface area contributed by atoms with Gasteiger partial charge in [-0.05, 0) is 55.3 Å². The predicted molar refractivity (Wildman–Crippen MR) is 74.2 cm³/mol. The molecule has 1 aliphatic rings. The standard InChI is InChI=1S/C15H21ClFN/c16-14-7-6-11(9-15(14)17)8-12-4-2-1-3-5-13(12)10-18/h6-7,9,12-13H,1-5,8,10,18H2. The van der Waals surface area contributed by atoms with Crippen molar-refractivity contribution in [2.45, 2.75) is 38.5 Å². The Hall–Kier alpha value is -0.600. The zero-order valence-corrected chi connectivity index (χ0v) is 11.4. The van der Waals surface area contributed by atoms with Gasteiger partial charge in [0.15, 0.2) is 0 Å². The van der Waals surface area contributed by atoms with E-state index < -0.39 is 0 Å². The van der Waals surface area contributed by atoms with E-state index in [9.17, 15) is 4.39 Å². The van der Waals surface area contributed by atoms with Gasteiger partial charge in [0.2, 0.25) is 0 Å². The highest BCUT2D eigenvalue weighted by Crippen LogP contribution is 2.31. The molecule has 0 aromatic heterocycles. The maximum Gasteiger partial charge on any atom is 0.142 e. The number of halogens is 2. The molecule has 1 aromatic carbocycles. The lowest BCUT2D eigenvalue weighted by Crippen LogP contribution is -2.24. The smallest absolute Gasteiger partial charge is 0.142 e. The van der Waals surface area contributed by atoms with Gasteiger partial charge in [-0.25, -0.2) is 4.39 Å². The van der Waals surface area contributed by atoms with Crippen molar-refractivity contribution in [3.63, 3.8) is 0 Å². The number of nitrogens with two attached hydrogens (primary N) is 1. The van der Waals surface area contributed by atoms with Gasteiger partial charge in [0, 0.05) is 0 Å². The number of hydrogen-bond donors (Lipinski definition) is 1. The molecule has 18 heavy (non-hydrogen) atoms. The van der Waals surface area contributed by atoms with Crippen LogP contribution < -0.4 is 5.73 Å². The van der Waals surface area contributed by atoms with E-state index in [4.69, 9.17) is 17.3 Å². The molecule has 1 saturated carbocycles. The minimum absolute atomic E-state index is 0.204. The van der Waals surface area contributed by atoms with Crippen molar-refractivity contribution in [1.82, 2.24) is 0 Å². The molecular weight excluding hydrogens is 249 g/mol. The van der Waals surface area contributed by atoms with E-state index in [0.717, 1.165) is 18.5 Å². The highest BCUT2D eigenvalue weighted by atomic mass is 35.5. The molecule has 0 aliphatic heterocycles. The van der Waals surface area contributed by atoms with E-state index in [-0.39, 0.29) is 10.8 Å². The fraction of sp³-hybridized carbons (Fsp3) is 0.600. The molecule has 0 spiro atoms. The molecule has 1 fully saturated rings. The van der Waals surface area contributed by atoms with Crippen molar-refractivity contribution >= 4 is 11.6 Å². The molecule has 0 heterocycles. The van der Waals surface area contributed by atoms with Gasteiger partial charge in [0.1, 0.15) is 5.82 Å². The third kappa shape index (κ3) is 3.46. The van der Waals surface area contributed by atoms with Crippen molar-refractivity contribution in [3.05, 3.63) is 34.6 Å². The Kier molecular flexibility index (Phi) is 5.02. The van der Waals surface area contributed by atoms with E-state index in [0.29, 0.717) is 11.8 Å². The summed E-state index contributed by atoms with van der Waals surface area (Å²) in [5, 5.41) is 0.204. The molecule has 0 amide bonds. The van der Waals surface area contributed by atoms with Crippen molar-refractivity contribution < 1.29 is 4.39 Å². The van der Waals surface area contributed by atoms with Crippen LogP contribution in [0.25, 0.3) is 0 Å². The van der Waals surface area contributed by atoms with Crippen LogP contribution in [0.2, 0.25) is 5.02 Å². The highest BCUT2D eigenvalue weighted by Gasteiger charge is 2.22. The van der Waals surface area contributed by atoms with Gasteiger partial charge in [-0.1, -0.05) is 36.9 Å². The second kappa shape index (κ2) is 6.53. The highest BCUT2D eigenvalue weighted by molar-refractivity contribution is 6.30. The summed E-state index contributed by atoms with van der Waals surface area (Å²) in [5.74, 6) is 0.872. The van der Waals surface area contributed by atoms with Crippen LogP contribution in [0, 0.1) is 17.7 Å². The number of hydrogen-bond acceptors (Lipinski definition) is 1. The molecule has 0 bridgehead atoms. The molecule has 100 valence electrons. The molecule has 2 rings (SSSR count). The van der Waals surface area contributed by atoms with Crippen LogP contribution in [-0.2, 0) is 6.42 Å². The summed E-state index contributed by atoms with van der Waals surface area (Å²) in [6.45, 7) is 0.751. The molecule has 3 heteroatoms.